The summed E-state index contributed by atoms with van der Waals surface area (Å²) < 4.78 is 26.9. The zero-order valence-electron chi connectivity index (χ0n) is 11.1. The minimum Gasteiger partial charge on any atom is -0.452 e. The number of carbonyl (C=O) groups excluding carboxylic acids is 2. The summed E-state index contributed by atoms with van der Waals surface area (Å²) in [5.41, 5.74) is 0.134. The number of benzene rings is 1. The molecule has 0 saturated heterocycles. The Bertz CT molecular complexity index is 593. The van der Waals surface area contributed by atoms with Crippen LogP contribution in [0, 0.1) is 0 Å². The number of hydrogen-bond donors (Lipinski definition) is 2. The zero-order chi connectivity index (χ0) is 15.3. The van der Waals surface area contributed by atoms with Gasteiger partial charge in [-0.15, -0.1) is 0 Å². The van der Waals surface area contributed by atoms with Gasteiger partial charge in [-0.1, -0.05) is 0 Å². The van der Waals surface area contributed by atoms with Gasteiger partial charge in [-0.25, -0.2) is 18.4 Å². The smallest absolute Gasteiger partial charge is 0.338 e. The zero-order valence-corrected chi connectivity index (χ0v) is 11.9. The highest BCUT2D eigenvalue weighted by Crippen LogP contribution is 2.09. The molecule has 110 valence electrons. The standard InChI is InChI=1S/C12H16N2O5S/c1-8(2)14-11(15)7-19-12(16)9-3-5-10(6-4-9)20(13,17)18/h3-6,8H,7H2,1-2H3,(H,14,15)(H2,13,17,18). The monoisotopic (exact) mass is 300 g/mol. The molecule has 1 aromatic carbocycles. The first-order valence-electron chi connectivity index (χ1n) is 5.79. The van der Waals surface area contributed by atoms with Crippen LogP contribution in [0.3, 0.4) is 0 Å². The van der Waals surface area contributed by atoms with E-state index in [0.29, 0.717) is 0 Å². The van der Waals surface area contributed by atoms with Gasteiger partial charge >= 0.3 is 5.97 Å². The van der Waals surface area contributed by atoms with Gasteiger partial charge in [-0.3, -0.25) is 4.79 Å². The largest absolute Gasteiger partial charge is 0.452 e. The Balaban J connectivity index is 2.63. The highest BCUT2D eigenvalue weighted by molar-refractivity contribution is 7.89. The van der Waals surface area contributed by atoms with E-state index in [2.05, 4.69) is 5.32 Å². The van der Waals surface area contributed by atoms with E-state index < -0.39 is 28.5 Å². The minimum atomic E-state index is -3.80. The maximum absolute atomic E-state index is 11.6. The van der Waals surface area contributed by atoms with Crippen molar-refractivity contribution in [2.45, 2.75) is 24.8 Å². The van der Waals surface area contributed by atoms with Crippen LogP contribution in [0.2, 0.25) is 0 Å². The number of primary sulfonamides is 1. The van der Waals surface area contributed by atoms with Gasteiger partial charge in [0, 0.05) is 6.04 Å². The fraction of sp³-hybridized carbons (Fsp3) is 0.333. The second-order valence-electron chi connectivity index (χ2n) is 4.37. The molecule has 0 radical (unpaired) electrons. The summed E-state index contributed by atoms with van der Waals surface area (Å²) in [5.74, 6) is -1.13. The van der Waals surface area contributed by atoms with Crippen LogP contribution in [0.25, 0.3) is 0 Å². The SMILES string of the molecule is CC(C)NC(=O)COC(=O)c1ccc(S(N)(=O)=O)cc1. The number of hydrogen-bond acceptors (Lipinski definition) is 5. The number of ether oxygens (including phenoxy) is 1. The fourth-order valence-corrected chi connectivity index (χ4v) is 1.87. The second kappa shape index (κ2) is 6.49. The molecule has 0 aliphatic rings. The number of nitrogens with one attached hydrogen (secondary N) is 1. The molecular weight excluding hydrogens is 284 g/mol. The lowest BCUT2D eigenvalue weighted by atomic mass is 10.2. The molecular formula is C12H16N2O5S. The van der Waals surface area contributed by atoms with E-state index in [1.54, 1.807) is 13.8 Å². The van der Waals surface area contributed by atoms with E-state index in [0.717, 1.165) is 0 Å². The van der Waals surface area contributed by atoms with Crippen LogP contribution in [-0.2, 0) is 19.6 Å². The third kappa shape index (κ3) is 4.98. The van der Waals surface area contributed by atoms with Crippen LogP contribution in [-0.4, -0.2) is 32.9 Å². The average Bonchev–Trinajstić information content (AvgIpc) is 2.34. The van der Waals surface area contributed by atoms with Crippen LogP contribution in [0.15, 0.2) is 29.2 Å². The Morgan fingerprint density at radius 1 is 1.25 bits per heavy atom. The van der Waals surface area contributed by atoms with Crippen LogP contribution in [0.5, 0.6) is 0 Å². The third-order valence-corrected chi connectivity index (χ3v) is 3.13. The molecule has 0 saturated carbocycles. The highest BCUT2D eigenvalue weighted by atomic mass is 32.2. The molecule has 1 amide bonds. The fourth-order valence-electron chi connectivity index (χ4n) is 1.36. The van der Waals surface area contributed by atoms with Gasteiger partial charge in [0.2, 0.25) is 10.0 Å². The second-order valence-corrected chi connectivity index (χ2v) is 5.93. The lowest BCUT2D eigenvalue weighted by Gasteiger charge is -2.09. The van der Waals surface area contributed by atoms with Crippen molar-refractivity contribution in [3.05, 3.63) is 29.8 Å². The van der Waals surface area contributed by atoms with E-state index in [-0.39, 0.29) is 16.5 Å². The summed E-state index contributed by atoms with van der Waals surface area (Å²) in [6, 6.07) is 4.88. The van der Waals surface area contributed by atoms with Crippen molar-refractivity contribution >= 4 is 21.9 Å². The number of amides is 1. The van der Waals surface area contributed by atoms with Crippen molar-refractivity contribution in [1.82, 2.24) is 5.32 Å². The molecule has 0 bridgehead atoms. The van der Waals surface area contributed by atoms with Gasteiger partial charge in [0.05, 0.1) is 10.5 Å². The van der Waals surface area contributed by atoms with Gasteiger partial charge in [0.1, 0.15) is 0 Å². The Kier molecular flexibility index (Phi) is 5.23. The Hall–Kier alpha value is -1.93. The van der Waals surface area contributed by atoms with Gasteiger partial charge in [-0.05, 0) is 38.1 Å². The molecule has 0 aromatic heterocycles. The maximum Gasteiger partial charge on any atom is 0.338 e. The maximum atomic E-state index is 11.6. The lowest BCUT2D eigenvalue weighted by molar-refractivity contribution is -0.124. The van der Waals surface area contributed by atoms with Crippen LogP contribution < -0.4 is 10.5 Å². The van der Waals surface area contributed by atoms with Crippen molar-refractivity contribution in [2.75, 3.05) is 6.61 Å². The highest BCUT2D eigenvalue weighted by Gasteiger charge is 2.13. The van der Waals surface area contributed by atoms with E-state index in [4.69, 9.17) is 9.88 Å². The van der Waals surface area contributed by atoms with Gasteiger partial charge < -0.3 is 10.1 Å². The molecule has 0 aliphatic heterocycles. The van der Waals surface area contributed by atoms with Gasteiger partial charge in [-0.2, -0.15) is 0 Å². The predicted molar refractivity (Wildman–Crippen MR) is 71.4 cm³/mol. The quantitative estimate of drug-likeness (QED) is 0.743. The summed E-state index contributed by atoms with van der Waals surface area (Å²) in [6.45, 7) is 3.17. The van der Waals surface area contributed by atoms with E-state index in [1.165, 1.54) is 24.3 Å². The summed E-state index contributed by atoms with van der Waals surface area (Å²) in [5, 5.41) is 7.50. The van der Waals surface area contributed by atoms with Crippen molar-refractivity contribution in [1.29, 1.82) is 0 Å². The molecule has 0 unspecified atom stereocenters. The normalized spacial score (nSPS) is 11.2. The molecule has 0 fully saturated rings. The molecule has 1 aromatic rings. The first kappa shape index (κ1) is 16.1. The third-order valence-electron chi connectivity index (χ3n) is 2.20. The van der Waals surface area contributed by atoms with E-state index in [1.807, 2.05) is 0 Å². The summed E-state index contributed by atoms with van der Waals surface area (Å²) in [4.78, 5) is 22.8. The topological polar surface area (TPSA) is 116 Å². The number of rotatable bonds is 5. The number of nitrogens with two attached hydrogens (primary N) is 1. The lowest BCUT2D eigenvalue weighted by Crippen LogP contribution is -2.33. The number of sulfonamides is 1. The molecule has 8 heteroatoms. The molecule has 0 aliphatic carbocycles. The molecule has 1 rings (SSSR count). The molecule has 0 atom stereocenters. The first-order chi connectivity index (χ1) is 9.20. The molecule has 7 nitrogen and oxygen atoms in total. The van der Waals surface area contributed by atoms with Crippen LogP contribution >= 0.6 is 0 Å². The van der Waals surface area contributed by atoms with Crippen molar-refractivity contribution in [3.63, 3.8) is 0 Å². The molecule has 0 spiro atoms. The molecule has 0 heterocycles. The van der Waals surface area contributed by atoms with Crippen LogP contribution in [0.1, 0.15) is 24.2 Å². The predicted octanol–water partition coefficient (Wildman–Crippen LogP) is 0.0154. The summed E-state index contributed by atoms with van der Waals surface area (Å²) >= 11 is 0. The van der Waals surface area contributed by atoms with Crippen molar-refractivity contribution in [3.8, 4) is 0 Å². The molecule has 20 heavy (non-hydrogen) atoms. The first-order valence-corrected chi connectivity index (χ1v) is 7.34. The van der Waals surface area contributed by atoms with E-state index >= 15 is 0 Å². The summed E-state index contributed by atoms with van der Waals surface area (Å²) in [7, 11) is -3.80. The van der Waals surface area contributed by atoms with Crippen LogP contribution in [0.4, 0.5) is 0 Å². The Morgan fingerprint density at radius 3 is 2.25 bits per heavy atom. The minimum absolute atomic E-state index is 0.0461. The van der Waals surface area contributed by atoms with Gasteiger partial charge in [0.15, 0.2) is 6.61 Å². The van der Waals surface area contributed by atoms with Gasteiger partial charge in [0.25, 0.3) is 5.91 Å². The van der Waals surface area contributed by atoms with E-state index in [9.17, 15) is 18.0 Å². The van der Waals surface area contributed by atoms with Crippen molar-refractivity contribution in [2.24, 2.45) is 5.14 Å². The Labute approximate surface area is 117 Å². The summed E-state index contributed by atoms with van der Waals surface area (Å²) in [6.07, 6.45) is 0. The van der Waals surface area contributed by atoms with Crippen molar-refractivity contribution < 1.29 is 22.7 Å². The number of esters is 1. The molecule has 3 N–H and O–H groups in total. The average molecular weight is 300 g/mol. The number of carbonyl (C=O) groups is 2. The Morgan fingerprint density at radius 2 is 1.80 bits per heavy atom.